The number of hydrogen-bond acceptors (Lipinski definition) is 6. The fraction of sp³-hybridized carbons (Fsp3) is 0. The van der Waals surface area contributed by atoms with Gasteiger partial charge in [0.25, 0.3) is 5.89 Å². The lowest BCUT2D eigenvalue weighted by Crippen LogP contribution is -1.88. The van der Waals surface area contributed by atoms with E-state index in [0.717, 1.165) is 10.8 Å². The van der Waals surface area contributed by atoms with Gasteiger partial charge in [0.15, 0.2) is 0 Å². The predicted molar refractivity (Wildman–Crippen MR) is 77.0 cm³/mol. The molecule has 0 amide bonds. The van der Waals surface area contributed by atoms with Crippen LogP contribution in [0.15, 0.2) is 47.1 Å². The largest absolute Gasteiger partial charge is 0.382 e. The van der Waals surface area contributed by atoms with Crippen molar-refractivity contribution in [2.24, 2.45) is 0 Å². The highest BCUT2D eigenvalue weighted by Gasteiger charge is 2.15. The van der Waals surface area contributed by atoms with Crippen molar-refractivity contribution in [3.63, 3.8) is 0 Å². The molecule has 1 aromatic carbocycles. The molecular weight excluding hydrogens is 268 g/mol. The van der Waals surface area contributed by atoms with Crippen molar-refractivity contribution < 1.29 is 4.52 Å². The van der Waals surface area contributed by atoms with E-state index in [4.69, 9.17) is 10.3 Å². The van der Waals surface area contributed by atoms with Crippen LogP contribution in [-0.2, 0) is 0 Å². The number of pyridine rings is 1. The van der Waals surface area contributed by atoms with Crippen LogP contribution in [0.2, 0.25) is 0 Å². The highest BCUT2D eigenvalue weighted by molar-refractivity contribution is 5.92. The first-order valence-corrected chi connectivity index (χ1v) is 6.30. The summed E-state index contributed by atoms with van der Waals surface area (Å²) in [6.45, 7) is 0. The predicted octanol–water partition coefficient (Wildman–Crippen LogP) is 2.26. The molecule has 21 heavy (non-hydrogen) atoms. The summed E-state index contributed by atoms with van der Waals surface area (Å²) in [5.74, 6) is 1.12. The number of benzene rings is 1. The molecule has 3 heterocycles. The minimum atomic E-state index is 0.323. The third-order valence-electron chi connectivity index (χ3n) is 3.14. The van der Waals surface area contributed by atoms with Gasteiger partial charge in [-0.3, -0.25) is 10.1 Å². The van der Waals surface area contributed by atoms with E-state index in [-0.39, 0.29) is 0 Å². The molecule has 3 N–H and O–H groups in total. The van der Waals surface area contributed by atoms with Crippen LogP contribution in [0.4, 0.5) is 5.82 Å². The summed E-state index contributed by atoms with van der Waals surface area (Å²) in [7, 11) is 0. The Hall–Kier alpha value is -3.22. The summed E-state index contributed by atoms with van der Waals surface area (Å²) in [5.41, 5.74) is 6.82. The van der Waals surface area contributed by atoms with E-state index < -0.39 is 0 Å². The lowest BCUT2D eigenvalue weighted by molar-refractivity contribution is 0.431. The van der Waals surface area contributed by atoms with E-state index in [1.165, 1.54) is 0 Å². The summed E-state index contributed by atoms with van der Waals surface area (Å²) < 4.78 is 5.24. The Labute approximate surface area is 118 Å². The van der Waals surface area contributed by atoms with Crippen molar-refractivity contribution in [1.29, 1.82) is 0 Å². The molecule has 0 saturated carbocycles. The number of fused-ring (bicyclic) bond motifs is 1. The highest BCUT2D eigenvalue weighted by atomic mass is 16.5. The van der Waals surface area contributed by atoms with Crippen molar-refractivity contribution >= 4 is 16.6 Å². The Kier molecular flexibility index (Phi) is 2.43. The number of aromatic amines is 1. The number of H-pyrrole nitrogens is 1. The quantitative estimate of drug-likeness (QED) is 0.582. The lowest BCUT2D eigenvalue weighted by atomic mass is 10.1. The second-order valence-electron chi connectivity index (χ2n) is 4.51. The fourth-order valence-electron chi connectivity index (χ4n) is 2.17. The van der Waals surface area contributed by atoms with Gasteiger partial charge in [-0.25, -0.2) is 0 Å². The van der Waals surface area contributed by atoms with Gasteiger partial charge in [-0.1, -0.05) is 29.4 Å². The molecule has 102 valence electrons. The third kappa shape index (κ3) is 1.91. The molecule has 0 aliphatic heterocycles. The number of hydrogen-bond donors (Lipinski definition) is 2. The number of nitrogen functional groups attached to an aromatic ring is 1. The van der Waals surface area contributed by atoms with Gasteiger partial charge in [0, 0.05) is 17.6 Å². The van der Waals surface area contributed by atoms with Crippen molar-refractivity contribution in [3.05, 3.63) is 42.6 Å². The molecule has 0 aliphatic carbocycles. The topological polar surface area (TPSA) is 107 Å². The molecule has 4 aromatic rings. The first-order valence-electron chi connectivity index (χ1n) is 6.30. The zero-order chi connectivity index (χ0) is 14.2. The van der Waals surface area contributed by atoms with E-state index >= 15 is 0 Å². The molecule has 0 unspecified atom stereocenters. The molecule has 0 saturated heterocycles. The van der Waals surface area contributed by atoms with Gasteiger partial charge >= 0.3 is 0 Å². The third-order valence-corrected chi connectivity index (χ3v) is 3.14. The van der Waals surface area contributed by atoms with E-state index in [2.05, 4.69) is 25.3 Å². The lowest BCUT2D eigenvalue weighted by Gasteiger charge is -2.00. The van der Waals surface area contributed by atoms with Crippen LogP contribution < -0.4 is 5.73 Å². The molecule has 0 radical (unpaired) electrons. The number of aromatic nitrogens is 5. The molecule has 7 heteroatoms. The van der Waals surface area contributed by atoms with Gasteiger partial charge in [0.2, 0.25) is 5.82 Å². The summed E-state index contributed by atoms with van der Waals surface area (Å²) in [6.07, 6.45) is 1.72. The van der Waals surface area contributed by atoms with Crippen LogP contribution in [0.25, 0.3) is 33.9 Å². The van der Waals surface area contributed by atoms with Crippen LogP contribution in [0.1, 0.15) is 0 Å². The molecule has 4 rings (SSSR count). The van der Waals surface area contributed by atoms with Gasteiger partial charge in [-0.15, -0.1) is 0 Å². The SMILES string of the molecule is Nc1cc(-c2nc(-c3nccc4ccccc34)no2)[nH]n1. The number of rotatable bonds is 2. The van der Waals surface area contributed by atoms with Crippen molar-refractivity contribution in [2.45, 2.75) is 0 Å². The Balaban J connectivity index is 1.85. The van der Waals surface area contributed by atoms with Gasteiger partial charge < -0.3 is 10.3 Å². The summed E-state index contributed by atoms with van der Waals surface area (Å²) in [5, 5.41) is 12.6. The molecule has 0 aliphatic rings. The molecule has 7 nitrogen and oxygen atoms in total. The number of nitrogens with zero attached hydrogens (tertiary/aromatic N) is 4. The average Bonchev–Trinajstić information content (AvgIpc) is 3.15. The maximum atomic E-state index is 5.56. The summed E-state index contributed by atoms with van der Waals surface area (Å²) in [4.78, 5) is 8.70. The van der Waals surface area contributed by atoms with Gasteiger partial charge in [0.05, 0.1) is 0 Å². The van der Waals surface area contributed by atoms with Crippen LogP contribution in [-0.4, -0.2) is 25.3 Å². The minimum absolute atomic E-state index is 0.323. The second kappa shape index (κ2) is 4.41. The molecule has 0 spiro atoms. The first-order chi connectivity index (χ1) is 10.3. The molecular formula is C14H10N6O. The normalized spacial score (nSPS) is 11.0. The van der Waals surface area contributed by atoms with Crippen LogP contribution in [0.3, 0.4) is 0 Å². The smallest absolute Gasteiger partial charge is 0.276 e. The maximum absolute atomic E-state index is 5.56. The van der Waals surface area contributed by atoms with Crippen molar-refractivity contribution in [3.8, 4) is 23.1 Å². The van der Waals surface area contributed by atoms with Crippen molar-refractivity contribution in [2.75, 3.05) is 5.73 Å². The Morgan fingerprint density at radius 2 is 2.05 bits per heavy atom. The fourth-order valence-corrected chi connectivity index (χ4v) is 2.17. The number of anilines is 1. The molecule has 0 fully saturated rings. The second-order valence-corrected chi connectivity index (χ2v) is 4.51. The minimum Gasteiger partial charge on any atom is -0.382 e. The van der Waals surface area contributed by atoms with Crippen LogP contribution in [0.5, 0.6) is 0 Å². The Morgan fingerprint density at radius 1 is 1.14 bits per heavy atom. The van der Waals surface area contributed by atoms with E-state index in [9.17, 15) is 0 Å². The zero-order valence-electron chi connectivity index (χ0n) is 10.8. The average molecular weight is 278 g/mol. The van der Waals surface area contributed by atoms with E-state index in [1.807, 2.05) is 30.3 Å². The highest BCUT2D eigenvalue weighted by Crippen LogP contribution is 2.26. The summed E-state index contributed by atoms with van der Waals surface area (Å²) in [6, 6.07) is 11.5. The standard InChI is InChI=1S/C14H10N6O/c15-11-7-10(18-19-11)14-17-13(20-21-14)12-9-4-2-1-3-8(9)5-6-16-12/h1-7H,(H3,15,18,19). The monoisotopic (exact) mass is 278 g/mol. The molecule has 3 aromatic heterocycles. The van der Waals surface area contributed by atoms with Gasteiger partial charge in [-0.2, -0.15) is 10.1 Å². The van der Waals surface area contributed by atoms with Crippen LogP contribution >= 0.6 is 0 Å². The Bertz CT molecular complexity index is 921. The van der Waals surface area contributed by atoms with Gasteiger partial charge in [0.1, 0.15) is 17.2 Å². The van der Waals surface area contributed by atoms with Gasteiger partial charge in [-0.05, 0) is 11.5 Å². The Morgan fingerprint density at radius 3 is 2.90 bits per heavy atom. The van der Waals surface area contributed by atoms with E-state index in [1.54, 1.807) is 12.3 Å². The maximum Gasteiger partial charge on any atom is 0.276 e. The van der Waals surface area contributed by atoms with Crippen LogP contribution in [0, 0.1) is 0 Å². The van der Waals surface area contributed by atoms with E-state index in [0.29, 0.717) is 28.9 Å². The molecule has 0 bridgehead atoms. The zero-order valence-corrected chi connectivity index (χ0v) is 10.8. The summed E-state index contributed by atoms with van der Waals surface area (Å²) >= 11 is 0. The number of nitrogens with two attached hydrogens (primary N) is 1. The molecule has 0 atom stereocenters. The number of nitrogens with one attached hydrogen (secondary N) is 1. The van der Waals surface area contributed by atoms with Crippen molar-refractivity contribution in [1.82, 2.24) is 25.3 Å². The first kappa shape index (κ1) is 11.6.